The SMILES string of the molecule is Cc1ccc(OCC(=O)NNC(=O)Cc2cccs2)c(C)c1. The first-order valence-corrected chi connectivity index (χ1v) is 7.72. The number of carbonyl (C=O) groups excluding carboxylic acids is 2. The van der Waals surface area contributed by atoms with Crippen LogP contribution < -0.4 is 15.6 Å². The summed E-state index contributed by atoms with van der Waals surface area (Å²) in [5, 5.41) is 1.90. The van der Waals surface area contributed by atoms with Crippen molar-refractivity contribution in [2.45, 2.75) is 20.3 Å². The van der Waals surface area contributed by atoms with Gasteiger partial charge < -0.3 is 4.74 Å². The van der Waals surface area contributed by atoms with Crippen LogP contribution in [0.5, 0.6) is 5.75 Å². The highest BCUT2D eigenvalue weighted by Crippen LogP contribution is 2.18. The summed E-state index contributed by atoms with van der Waals surface area (Å²) in [5.74, 6) is -0.00696. The van der Waals surface area contributed by atoms with Crippen molar-refractivity contribution in [1.29, 1.82) is 0 Å². The summed E-state index contributed by atoms with van der Waals surface area (Å²) in [4.78, 5) is 24.2. The van der Waals surface area contributed by atoms with Crippen LogP contribution in [0.1, 0.15) is 16.0 Å². The van der Waals surface area contributed by atoms with Gasteiger partial charge in [0.15, 0.2) is 6.61 Å². The standard InChI is InChI=1S/C16H18N2O3S/c1-11-5-6-14(12(2)8-11)21-10-16(20)18-17-15(19)9-13-4-3-7-22-13/h3-8H,9-10H2,1-2H3,(H,17,19)(H,18,20). The van der Waals surface area contributed by atoms with Crippen molar-refractivity contribution < 1.29 is 14.3 Å². The van der Waals surface area contributed by atoms with Crippen molar-refractivity contribution in [3.05, 3.63) is 51.7 Å². The van der Waals surface area contributed by atoms with Crippen molar-refractivity contribution in [3.63, 3.8) is 0 Å². The highest BCUT2D eigenvalue weighted by molar-refractivity contribution is 7.10. The molecule has 22 heavy (non-hydrogen) atoms. The molecule has 1 aromatic heterocycles. The molecule has 0 atom stereocenters. The van der Waals surface area contributed by atoms with Gasteiger partial charge >= 0.3 is 0 Å². The number of hydrazine groups is 1. The van der Waals surface area contributed by atoms with Gasteiger partial charge in [-0.1, -0.05) is 23.8 Å². The van der Waals surface area contributed by atoms with Gasteiger partial charge in [0, 0.05) is 4.88 Å². The Kier molecular flexibility index (Phi) is 5.55. The number of rotatable bonds is 5. The van der Waals surface area contributed by atoms with E-state index in [0.717, 1.165) is 16.0 Å². The maximum atomic E-state index is 11.7. The van der Waals surface area contributed by atoms with E-state index in [-0.39, 0.29) is 18.9 Å². The summed E-state index contributed by atoms with van der Waals surface area (Å²) < 4.78 is 5.43. The third-order valence-electron chi connectivity index (χ3n) is 2.95. The Hall–Kier alpha value is -2.34. The number of hydrogen-bond acceptors (Lipinski definition) is 4. The molecule has 1 heterocycles. The van der Waals surface area contributed by atoms with E-state index in [0.29, 0.717) is 5.75 Å². The lowest BCUT2D eigenvalue weighted by Crippen LogP contribution is -2.44. The second-order valence-corrected chi connectivity index (χ2v) is 5.94. The molecule has 2 amide bonds. The molecule has 6 heteroatoms. The van der Waals surface area contributed by atoms with Crippen LogP contribution in [0.15, 0.2) is 35.7 Å². The van der Waals surface area contributed by atoms with E-state index < -0.39 is 5.91 Å². The number of ether oxygens (including phenoxy) is 1. The molecular formula is C16H18N2O3S. The van der Waals surface area contributed by atoms with E-state index in [2.05, 4.69) is 10.9 Å². The minimum Gasteiger partial charge on any atom is -0.483 e. The van der Waals surface area contributed by atoms with Gasteiger partial charge in [-0.2, -0.15) is 0 Å². The topological polar surface area (TPSA) is 67.4 Å². The first-order chi connectivity index (χ1) is 10.5. The van der Waals surface area contributed by atoms with Gasteiger partial charge in [0.25, 0.3) is 5.91 Å². The summed E-state index contributed by atoms with van der Waals surface area (Å²) in [5.41, 5.74) is 6.81. The van der Waals surface area contributed by atoms with Crippen LogP contribution in [-0.4, -0.2) is 18.4 Å². The Balaban J connectivity index is 1.72. The Morgan fingerprint density at radius 2 is 1.91 bits per heavy atom. The number of benzene rings is 1. The molecule has 0 aliphatic heterocycles. The first-order valence-electron chi connectivity index (χ1n) is 6.84. The number of thiophene rings is 1. The third-order valence-corrected chi connectivity index (χ3v) is 3.82. The molecule has 0 saturated carbocycles. The molecule has 0 radical (unpaired) electrons. The van der Waals surface area contributed by atoms with Crippen molar-refractivity contribution in [1.82, 2.24) is 10.9 Å². The minimum absolute atomic E-state index is 0.150. The number of nitrogens with one attached hydrogen (secondary N) is 2. The smallest absolute Gasteiger partial charge is 0.276 e. The molecular weight excluding hydrogens is 300 g/mol. The maximum Gasteiger partial charge on any atom is 0.276 e. The van der Waals surface area contributed by atoms with E-state index in [1.807, 2.05) is 49.6 Å². The average molecular weight is 318 g/mol. The largest absolute Gasteiger partial charge is 0.483 e. The highest BCUT2D eigenvalue weighted by Gasteiger charge is 2.08. The van der Waals surface area contributed by atoms with E-state index in [1.165, 1.54) is 11.3 Å². The normalized spacial score (nSPS) is 10.1. The Morgan fingerprint density at radius 3 is 2.59 bits per heavy atom. The van der Waals surface area contributed by atoms with Crippen LogP contribution in [0, 0.1) is 13.8 Å². The summed E-state index contributed by atoms with van der Waals surface area (Å²) in [6, 6.07) is 9.48. The molecule has 0 bridgehead atoms. The number of hydrogen-bond donors (Lipinski definition) is 2. The molecule has 2 aromatic rings. The molecule has 0 spiro atoms. The van der Waals surface area contributed by atoms with Gasteiger partial charge in [-0.05, 0) is 36.9 Å². The molecule has 0 saturated heterocycles. The van der Waals surface area contributed by atoms with Crippen molar-refractivity contribution in [3.8, 4) is 5.75 Å². The number of aryl methyl sites for hydroxylation is 2. The predicted octanol–water partition coefficient (Wildman–Crippen LogP) is 2.13. The van der Waals surface area contributed by atoms with Gasteiger partial charge in [-0.25, -0.2) is 0 Å². The Morgan fingerprint density at radius 1 is 1.14 bits per heavy atom. The van der Waals surface area contributed by atoms with Gasteiger partial charge in [0.1, 0.15) is 5.75 Å². The second-order valence-electron chi connectivity index (χ2n) is 4.91. The molecule has 5 nitrogen and oxygen atoms in total. The Labute approximate surface area is 133 Å². The second kappa shape index (κ2) is 7.61. The Bertz CT molecular complexity index is 653. The fraction of sp³-hybridized carbons (Fsp3) is 0.250. The van der Waals surface area contributed by atoms with E-state index in [9.17, 15) is 9.59 Å². The summed E-state index contributed by atoms with van der Waals surface area (Å²) in [6.45, 7) is 3.76. The molecule has 116 valence electrons. The fourth-order valence-electron chi connectivity index (χ4n) is 1.90. The van der Waals surface area contributed by atoms with E-state index >= 15 is 0 Å². The lowest BCUT2D eigenvalue weighted by atomic mass is 10.1. The molecule has 0 fully saturated rings. The van der Waals surface area contributed by atoms with Crippen LogP contribution in [0.4, 0.5) is 0 Å². The molecule has 1 aromatic carbocycles. The van der Waals surface area contributed by atoms with Gasteiger partial charge in [-0.3, -0.25) is 20.4 Å². The first kappa shape index (κ1) is 16.0. The average Bonchev–Trinajstić information content (AvgIpc) is 2.97. The van der Waals surface area contributed by atoms with Crippen molar-refractivity contribution in [2.75, 3.05) is 6.61 Å². The zero-order valence-corrected chi connectivity index (χ0v) is 13.3. The summed E-state index contributed by atoms with van der Waals surface area (Å²) in [7, 11) is 0. The number of amides is 2. The minimum atomic E-state index is -0.403. The highest BCUT2D eigenvalue weighted by atomic mass is 32.1. The fourth-order valence-corrected chi connectivity index (χ4v) is 2.60. The van der Waals surface area contributed by atoms with Gasteiger partial charge in [-0.15, -0.1) is 11.3 Å². The maximum absolute atomic E-state index is 11.7. The van der Waals surface area contributed by atoms with Crippen molar-refractivity contribution in [2.24, 2.45) is 0 Å². The molecule has 0 aliphatic rings. The monoisotopic (exact) mass is 318 g/mol. The third kappa shape index (κ3) is 4.89. The van der Waals surface area contributed by atoms with Crippen LogP contribution >= 0.6 is 11.3 Å². The van der Waals surface area contributed by atoms with Crippen LogP contribution in [-0.2, 0) is 16.0 Å². The van der Waals surface area contributed by atoms with Crippen LogP contribution in [0.3, 0.4) is 0 Å². The van der Waals surface area contributed by atoms with Crippen LogP contribution in [0.2, 0.25) is 0 Å². The quantitative estimate of drug-likeness (QED) is 0.830. The number of carbonyl (C=O) groups is 2. The van der Waals surface area contributed by atoms with Gasteiger partial charge in [0.2, 0.25) is 5.91 Å². The van der Waals surface area contributed by atoms with E-state index in [4.69, 9.17) is 4.74 Å². The summed E-state index contributed by atoms with van der Waals surface area (Å²) >= 11 is 1.50. The zero-order valence-electron chi connectivity index (χ0n) is 12.5. The zero-order chi connectivity index (χ0) is 15.9. The van der Waals surface area contributed by atoms with Crippen LogP contribution in [0.25, 0.3) is 0 Å². The van der Waals surface area contributed by atoms with Crippen molar-refractivity contribution >= 4 is 23.2 Å². The molecule has 2 rings (SSSR count). The molecule has 0 aliphatic carbocycles. The molecule has 0 unspecified atom stereocenters. The van der Waals surface area contributed by atoms with Gasteiger partial charge in [0.05, 0.1) is 6.42 Å². The molecule has 2 N–H and O–H groups in total. The van der Waals surface area contributed by atoms with E-state index in [1.54, 1.807) is 0 Å². The lowest BCUT2D eigenvalue weighted by molar-refractivity contribution is -0.129. The predicted molar refractivity (Wildman–Crippen MR) is 85.7 cm³/mol. The lowest BCUT2D eigenvalue weighted by Gasteiger charge is -2.10. The summed E-state index contributed by atoms with van der Waals surface area (Å²) in [6.07, 6.45) is 0.246.